The Morgan fingerprint density at radius 3 is 2.56 bits per heavy atom. The molecule has 2 heteroatoms. The Hall–Kier alpha value is -2.09. The van der Waals surface area contributed by atoms with Crippen molar-refractivity contribution >= 4 is 11.4 Å². The molecule has 0 amide bonds. The summed E-state index contributed by atoms with van der Waals surface area (Å²) in [6, 6.07) is 15.8. The second kappa shape index (κ2) is 4.65. The van der Waals surface area contributed by atoms with Crippen LogP contribution in [-0.4, -0.2) is 10.8 Å². The minimum absolute atomic E-state index is 0.383. The van der Waals surface area contributed by atoms with Gasteiger partial charge >= 0.3 is 0 Å². The molecule has 90 valence electrons. The van der Waals surface area contributed by atoms with Gasteiger partial charge in [0.25, 0.3) is 0 Å². The van der Waals surface area contributed by atoms with Crippen molar-refractivity contribution in [3.05, 3.63) is 59.7 Å². The second-order valence-corrected chi connectivity index (χ2v) is 4.61. The number of phenols is 1. The predicted octanol–water partition coefficient (Wildman–Crippen LogP) is 3.65. The van der Waals surface area contributed by atoms with E-state index in [0.717, 1.165) is 30.5 Å². The molecule has 1 aliphatic heterocycles. The fraction of sp³-hybridized carbons (Fsp3) is 0.188. The van der Waals surface area contributed by atoms with Gasteiger partial charge in [-0.1, -0.05) is 36.4 Å². The molecule has 3 rings (SSSR count). The van der Waals surface area contributed by atoms with Crippen molar-refractivity contribution < 1.29 is 5.11 Å². The quantitative estimate of drug-likeness (QED) is 0.868. The average Bonchev–Trinajstić information content (AvgIpc) is 2.80. The van der Waals surface area contributed by atoms with Crippen LogP contribution >= 0.6 is 0 Å². The summed E-state index contributed by atoms with van der Waals surface area (Å²) in [5.41, 5.74) is 4.62. The molecule has 2 nitrogen and oxygen atoms in total. The Kier molecular flexibility index (Phi) is 2.85. The lowest BCUT2D eigenvalue weighted by atomic mass is 10.0. The fourth-order valence-electron chi connectivity index (χ4n) is 2.34. The first kappa shape index (κ1) is 11.0. The van der Waals surface area contributed by atoms with Crippen LogP contribution in [0.25, 0.3) is 0 Å². The molecule has 1 N–H and O–H groups in total. The van der Waals surface area contributed by atoms with E-state index in [4.69, 9.17) is 0 Å². The number of aryl methyl sites for hydroxylation is 1. The van der Waals surface area contributed by atoms with E-state index < -0.39 is 0 Å². The van der Waals surface area contributed by atoms with Crippen LogP contribution in [0.1, 0.15) is 17.5 Å². The lowest BCUT2D eigenvalue weighted by molar-refractivity contribution is 0.468. The van der Waals surface area contributed by atoms with Gasteiger partial charge in [0.05, 0.1) is 5.69 Å². The monoisotopic (exact) mass is 237 g/mol. The van der Waals surface area contributed by atoms with Crippen LogP contribution in [0.15, 0.2) is 53.5 Å². The van der Waals surface area contributed by atoms with E-state index in [1.807, 2.05) is 24.3 Å². The molecule has 18 heavy (non-hydrogen) atoms. The number of para-hydroxylation sites is 2. The maximum Gasteiger partial charge on any atom is 0.118 e. The number of rotatable bonds is 3. The molecule has 0 radical (unpaired) electrons. The van der Waals surface area contributed by atoms with E-state index >= 15 is 0 Å². The van der Waals surface area contributed by atoms with E-state index in [0.29, 0.717) is 5.75 Å². The topological polar surface area (TPSA) is 32.6 Å². The first-order chi connectivity index (χ1) is 8.83. The van der Waals surface area contributed by atoms with Gasteiger partial charge in [-0.25, -0.2) is 0 Å². The minimum Gasteiger partial charge on any atom is -0.508 e. The molecular weight excluding hydrogens is 222 g/mol. The molecule has 0 saturated heterocycles. The van der Waals surface area contributed by atoms with Crippen molar-refractivity contribution in [3.8, 4) is 5.75 Å². The molecule has 0 saturated carbocycles. The second-order valence-electron chi connectivity index (χ2n) is 4.61. The van der Waals surface area contributed by atoms with E-state index in [2.05, 4.69) is 23.2 Å². The molecular formula is C16H15NO. The molecule has 0 spiro atoms. The van der Waals surface area contributed by atoms with Gasteiger partial charge in [-0.2, -0.15) is 0 Å². The van der Waals surface area contributed by atoms with Gasteiger partial charge in [-0.3, -0.25) is 4.99 Å². The highest BCUT2D eigenvalue weighted by Crippen LogP contribution is 2.28. The number of hydrogen-bond acceptors (Lipinski definition) is 2. The molecule has 0 bridgehead atoms. The average molecular weight is 237 g/mol. The maximum atomic E-state index is 9.72. The number of aromatic hydroxyl groups is 1. The number of nitrogens with zero attached hydrogens (tertiary/aromatic N) is 1. The number of aliphatic imine (C=N–C) groups is 1. The van der Waals surface area contributed by atoms with Crippen molar-refractivity contribution in [2.24, 2.45) is 4.99 Å². The first-order valence-corrected chi connectivity index (χ1v) is 6.24. The van der Waals surface area contributed by atoms with Crippen molar-refractivity contribution in [1.29, 1.82) is 0 Å². The molecule has 2 aromatic rings. The van der Waals surface area contributed by atoms with Crippen LogP contribution in [0.4, 0.5) is 5.69 Å². The number of hydrogen-bond donors (Lipinski definition) is 1. The lowest BCUT2D eigenvalue weighted by Gasteiger charge is -2.03. The van der Waals surface area contributed by atoms with E-state index in [-0.39, 0.29) is 0 Å². The van der Waals surface area contributed by atoms with Gasteiger partial charge in [0.2, 0.25) is 0 Å². The molecule has 0 aromatic heterocycles. The third-order valence-electron chi connectivity index (χ3n) is 3.34. The van der Waals surface area contributed by atoms with Gasteiger partial charge < -0.3 is 5.11 Å². The summed E-state index contributed by atoms with van der Waals surface area (Å²) in [6.45, 7) is 0. The van der Waals surface area contributed by atoms with Gasteiger partial charge in [-0.15, -0.1) is 0 Å². The number of fused-ring (bicyclic) bond motifs is 1. The summed E-state index contributed by atoms with van der Waals surface area (Å²) < 4.78 is 0. The summed E-state index contributed by atoms with van der Waals surface area (Å²) in [5, 5.41) is 9.72. The lowest BCUT2D eigenvalue weighted by Crippen LogP contribution is -2.00. The highest BCUT2D eigenvalue weighted by molar-refractivity contribution is 5.94. The molecule has 0 fully saturated rings. The smallest absolute Gasteiger partial charge is 0.118 e. The van der Waals surface area contributed by atoms with Gasteiger partial charge in [0.1, 0.15) is 5.75 Å². The third kappa shape index (κ3) is 2.14. The summed E-state index contributed by atoms with van der Waals surface area (Å²) in [6.07, 6.45) is 2.70. The largest absolute Gasteiger partial charge is 0.508 e. The van der Waals surface area contributed by atoms with E-state index in [9.17, 15) is 5.11 Å². The number of benzene rings is 2. The highest BCUT2D eigenvalue weighted by Gasteiger charge is 2.13. The summed E-state index contributed by atoms with van der Waals surface area (Å²) >= 11 is 0. The molecule has 1 aliphatic rings. The standard InChI is InChI=1S/C16H15NO/c18-16-8-4-2-5-12(16)9-10-14-11-13-6-1-3-7-15(13)17-14/h1-8,18H,9-11H2. The minimum atomic E-state index is 0.383. The van der Waals surface area contributed by atoms with Gasteiger partial charge in [0.15, 0.2) is 0 Å². The first-order valence-electron chi connectivity index (χ1n) is 6.24. The summed E-state index contributed by atoms with van der Waals surface area (Å²) in [4.78, 5) is 4.63. The van der Waals surface area contributed by atoms with Crippen molar-refractivity contribution in [2.75, 3.05) is 0 Å². The third-order valence-corrected chi connectivity index (χ3v) is 3.34. The Morgan fingerprint density at radius 1 is 0.944 bits per heavy atom. The van der Waals surface area contributed by atoms with Gasteiger partial charge in [-0.05, 0) is 36.1 Å². The molecule has 0 aliphatic carbocycles. The Balaban J connectivity index is 1.69. The maximum absolute atomic E-state index is 9.72. The zero-order valence-corrected chi connectivity index (χ0v) is 10.1. The zero-order chi connectivity index (χ0) is 12.4. The van der Waals surface area contributed by atoms with Crippen LogP contribution in [0.5, 0.6) is 5.75 Å². The Labute approximate surface area is 107 Å². The molecule has 0 unspecified atom stereocenters. The van der Waals surface area contributed by atoms with Crippen molar-refractivity contribution in [2.45, 2.75) is 19.3 Å². The van der Waals surface area contributed by atoms with E-state index in [1.54, 1.807) is 6.07 Å². The Bertz CT molecular complexity index is 602. The van der Waals surface area contributed by atoms with Crippen LogP contribution < -0.4 is 0 Å². The van der Waals surface area contributed by atoms with Crippen LogP contribution in [0.3, 0.4) is 0 Å². The highest BCUT2D eigenvalue weighted by atomic mass is 16.3. The van der Waals surface area contributed by atoms with Crippen molar-refractivity contribution in [3.63, 3.8) is 0 Å². The fourth-order valence-corrected chi connectivity index (χ4v) is 2.34. The molecule has 2 aromatic carbocycles. The van der Waals surface area contributed by atoms with Crippen LogP contribution in [0.2, 0.25) is 0 Å². The number of phenolic OH excluding ortho intramolecular Hbond substituents is 1. The summed E-state index contributed by atoms with van der Waals surface area (Å²) in [5.74, 6) is 0.383. The van der Waals surface area contributed by atoms with Crippen LogP contribution in [0, 0.1) is 0 Å². The zero-order valence-electron chi connectivity index (χ0n) is 10.1. The van der Waals surface area contributed by atoms with Gasteiger partial charge in [0, 0.05) is 12.1 Å². The molecule has 1 heterocycles. The van der Waals surface area contributed by atoms with E-state index in [1.165, 1.54) is 11.3 Å². The predicted molar refractivity (Wildman–Crippen MR) is 73.7 cm³/mol. The van der Waals surface area contributed by atoms with Crippen LogP contribution in [-0.2, 0) is 12.8 Å². The summed E-state index contributed by atoms with van der Waals surface area (Å²) in [7, 11) is 0. The SMILES string of the molecule is Oc1ccccc1CCC1=Nc2ccccc2C1. The normalized spacial score (nSPS) is 13.2. The van der Waals surface area contributed by atoms with Crippen molar-refractivity contribution in [1.82, 2.24) is 0 Å². The Morgan fingerprint density at radius 2 is 1.72 bits per heavy atom. The molecule has 0 atom stereocenters.